The molecule has 2 rings (SSSR count). The van der Waals surface area contributed by atoms with Crippen LogP contribution in [-0.4, -0.2) is 42.5 Å². The van der Waals surface area contributed by atoms with Gasteiger partial charge < -0.3 is 15.0 Å². The second-order valence-corrected chi connectivity index (χ2v) is 6.32. The van der Waals surface area contributed by atoms with E-state index >= 15 is 0 Å². The standard InChI is InChI=1S/C19H28N2O3/c1-16(19(23)21-12-6-3-7-13-21)20-18(22)11-8-14-24-15-17-9-4-2-5-10-17/h2,4-5,9-10,16H,3,6-8,11-15H2,1H3,(H,20,22). The van der Waals surface area contributed by atoms with E-state index in [2.05, 4.69) is 5.32 Å². The van der Waals surface area contributed by atoms with Gasteiger partial charge in [0.05, 0.1) is 6.61 Å². The van der Waals surface area contributed by atoms with Gasteiger partial charge in [0.2, 0.25) is 11.8 Å². The molecule has 1 aliphatic rings. The Hall–Kier alpha value is -1.88. The zero-order chi connectivity index (χ0) is 17.2. The molecule has 1 aromatic carbocycles. The van der Waals surface area contributed by atoms with E-state index in [1.54, 1.807) is 6.92 Å². The van der Waals surface area contributed by atoms with Crippen molar-refractivity contribution in [1.29, 1.82) is 0 Å². The van der Waals surface area contributed by atoms with Gasteiger partial charge in [0.15, 0.2) is 0 Å². The number of amides is 2. The number of nitrogens with one attached hydrogen (secondary N) is 1. The van der Waals surface area contributed by atoms with Crippen LogP contribution in [0.1, 0.15) is 44.6 Å². The van der Waals surface area contributed by atoms with E-state index in [0.29, 0.717) is 26.1 Å². The van der Waals surface area contributed by atoms with Gasteiger partial charge in [0.25, 0.3) is 0 Å². The summed E-state index contributed by atoms with van der Waals surface area (Å²) in [4.78, 5) is 26.0. The lowest BCUT2D eigenvalue weighted by Gasteiger charge is -2.29. The van der Waals surface area contributed by atoms with E-state index in [0.717, 1.165) is 31.5 Å². The normalized spacial score (nSPS) is 15.8. The smallest absolute Gasteiger partial charge is 0.244 e. The molecule has 1 atom stereocenters. The highest BCUT2D eigenvalue weighted by molar-refractivity contribution is 5.87. The number of rotatable bonds is 8. The third kappa shape index (κ3) is 6.32. The van der Waals surface area contributed by atoms with E-state index in [9.17, 15) is 9.59 Å². The monoisotopic (exact) mass is 332 g/mol. The molecule has 1 N–H and O–H groups in total. The summed E-state index contributed by atoms with van der Waals surface area (Å²) < 4.78 is 5.56. The zero-order valence-corrected chi connectivity index (χ0v) is 14.5. The average molecular weight is 332 g/mol. The first kappa shape index (κ1) is 18.5. The van der Waals surface area contributed by atoms with Crippen LogP contribution in [0.25, 0.3) is 0 Å². The molecule has 5 heteroatoms. The van der Waals surface area contributed by atoms with Crippen LogP contribution in [0.2, 0.25) is 0 Å². The van der Waals surface area contributed by atoms with E-state index < -0.39 is 6.04 Å². The molecular formula is C19H28N2O3. The highest BCUT2D eigenvalue weighted by Crippen LogP contribution is 2.10. The largest absolute Gasteiger partial charge is 0.377 e. The third-order valence-corrected chi connectivity index (χ3v) is 4.22. The van der Waals surface area contributed by atoms with E-state index in [-0.39, 0.29) is 11.8 Å². The molecule has 0 aliphatic carbocycles. The van der Waals surface area contributed by atoms with Gasteiger partial charge in [-0.25, -0.2) is 0 Å². The maximum Gasteiger partial charge on any atom is 0.244 e. The Morgan fingerprint density at radius 3 is 2.58 bits per heavy atom. The maximum atomic E-state index is 12.3. The van der Waals surface area contributed by atoms with Gasteiger partial charge in [-0.1, -0.05) is 30.3 Å². The lowest BCUT2D eigenvalue weighted by molar-refractivity contribution is -0.136. The van der Waals surface area contributed by atoms with Crippen molar-refractivity contribution in [1.82, 2.24) is 10.2 Å². The van der Waals surface area contributed by atoms with Crippen LogP contribution in [0.4, 0.5) is 0 Å². The van der Waals surface area contributed by atoms with Crippen molar-refractivity contribution in [2.24, 2.45) is 0 Å². The van der Waals surface area contributed by atoms with Crippen LogP contribution < -0.4 is 5.32 Å². The average Bonchev–Trinajstić information content (AvgIpc) is 2.62. The van der Waals surface area contributed by atoms with Crippen molar-refractivity contribution in [3.05, 3.63) is 35.9 Å². The van der Waals surface area contributed by atoms with Crippen LogP contribution in [0.3, 0.4) is 0 Å². The van der Waals surface area contributed by atoms with E-state index in [4.69, 9.17) is 4.74 Å². The molecule has 1 saturated heterocycles. The number of benzene rings is 1. The second-order valence-electron chi connectivity index (χ2n) is 6.32. The molecule has 0 saturated carbocycles. The van der Waals surface area contributed by atoms with Gasteiger partial charge in [-0.2, -0.15) is 0 Å². The molecule has 1 heterocycles. The Labute approximate surface area is 144 Å². The molecule has 1 aliphatic heterocycles. The summed E-state index contributed by atoms with van der Waals surface area (Å²) in [7, 11) is 0. The quantitative estimate of drug-likeness (QED) is 0.744. The number of carbonyl (C=O) groups is 2. The van der Waals surface area contributed by atoms with Gasteiger partial charge in [-0.3, -0.25) is 9.59 Å². The number of hydrogen-bond donors (Lipinski definition) is 1. The van der Waals surface area contributed by atoms with E-state index in [1.807, 2.05) is 35.2 Å². The fourth-order valence-electron chi connectivity index (χ4n) is 2.86. The van der Waals surface area contributed by atoms with Crippen LogP contribution in [0, 0.1) is 0 Å². The number of carbonyl (C=O) groups excluding carboxylic acids is 2. The lowest BCUT2D eigenvalue weighted by atomic mass is 10.1. The minimum absolute atomic E-state index is 0.0309. The number of piperidine rings is 1. The summed E-state index contributed by atoms with van der Waals surface area (Å²) in [6.07, 6.45) is 4.35. The molecule has 0 radical (unpaired) electrons. The molecule has 5 nitrogen and oxygen atoms in total. The predicted molar refractivity (Wildman–Crippen MR) is 93.4 cm³/mol. The highest BCUT2D eigenvalue weighted by atomic mass is 16.5. The van der Waals surface area contributed by atoms with Crippen molar-refractivity contribution < 1.29 is 14.3 Å². The van der Waals surface area contributed by atoms with Crippen molar-refractivity contribution in [3.8, 4) is 0 Å². The first-order chi connectivity index (χ1) is 11.7. The van der Waals surface area contributed by atoms with Gasteiger partial charge in [0.1, 0.15) is 6.04 Å². The maximum absolute atomic E-state index is 12.3. The fraction of sp³-hybridized carbons (Fsp3) is 0.579. The van der Waals surface area contributed by atoms with Crippen LogP contribution >= 0.6 is 0 Å². The summed E-state index contributed by atoms with van der Waals surface area (Å²) in [5.74, 6) is -0.0560. The Morgan fingerprint density at radius 2 is 1.88 bits per heavy atom. The molecule has 0 bridgehead atoms. The SMILES string of the molecule is CC(NC(=O)CCCOCc1ccccc1)C(=O)N1CCCCC1. The Bertz CT molecular complexity index is 513. The van der Waals surface area contributed by atoms with Crippen molar-refractivity contribution in [2.75, 3.05) is 19.7 Å². The topological polar surface area (TPSA) is 58.6 Å². The number of ether oxygens (including phenoxy) is 1. The molecule has 24 heavy (non-hydrogen) atoms. The molecule has 1 unspecified atom stereocenters. The van der Waals surface area contributed by atoms with Crippen LogP contribution in [-0.2, 0) is 20.9 Å². The summed E-state index contributed by atoms with van der Waals surface area (Å²) >= 11 is 0. The molecule has 132 valence electrons. The molecule has 1 aromatic rings. The zero-order valence-electron chi connectivity index (χ0n) is 14.5. The Balaban J connectivity index is 1.57. The first-order valence-electron chi connectivity index (χ1n) is 8.86. The third-order valence-electron chi connectivity index (χ3n) is 4.22. The van der Waals surface area contributed by atoms with Crippen LogP contribution in [0.5, 0.6) is 0 Å². The number of likely N-dealkylation sites (tertiary alicyclic amines) is 1. The van der Waals surface area contributed by atoms with Gasteiger partial charge in [-0.15, -0.1) is 0 Å². The minimum atomic E-state index is -0.444. The molecule has 0 aromatic heterocycles. The Morgan fingerprint density at radius 1 is 1.17 bits per heavy atom. The van der Waals surface area contributed by atoms with Gasteiger partial charge in [0, 0.05) is 26.1 Å². The lowest BCUT2D eigenvalue weighted by Crippen LogP contribution is -2.48. The predicted octanol–water partition coefficient (Wildman–Crippen LogP) is 2.50. The van der Waals surface area contributed by atoms with Crippen LogP contribution in [0.15, 0.2) is 30.3 Å². The molecular weight excluding hydrogens is 304 g/mol. The molecule has 1 fully saturated rings. The Kier molecular flexibility index (Phi) is 7.75. The summed E-state index contributed by atoms with van der Waals surface area (Å²) in [5, 5.41) is 2.80. The second kappa shape index (κ2) is 10.1. The molecule has 2 amide bonds. The first-order valence-corrected chi connectivity index (χ1v) is 8.86. The summed E-state index contributed by atoms with van der Waals surface area (Å²) in [5.41, 5.74) is 1.13. The van der Waals surface area contributed by atoms with Crippen molar-refractivity contribution in [2.45, 2.75) is 51.7 Å². The van der Waals surface area contributed by atoms with Crippen molar-refractivity contribution >= 4 is 11.8 Å². The van der Waals surface area contributed by atoms with Crippen molar-refractivity contribution in [3.63, 3.8) is 0 Å². The highest BCUT2D eigenvalue weighted by Gasteiger charge is 2.23. The number of hydrogen-bond acceptors (Lipinski definition) is 3. The molecule has 0 spiro atoms. The summed E-state index contributed by atoms with van der Waals surface area (Å²) in [6, 6.07) is 9.52. The minimum Gasteiger partial charge on any atom is -0.377 e. The van der Waals surface area contributed by atoms with Gasteiger partial charge in [-0.05, 0) is 38.2 Å². The summed E-state index contributed by atoms with van der Waals surface area (Å²) in [6.45, 7) is 4.49. The number of nitrogens with zero attached hydrogens (tertiary/aromatic N) is 1. The fourth-order valence-corrected chi connectivity index (χ4v) is 2.86. The van der Waals surface area contributed by atoms with E-state index in [1.165, 1.54) is 6.42 Å². The van der Waals surface area contributed by atoms with Gasteiger partial charge >= 0.3 is 0 Å².